The van der Waals surface area contributed by atoms with Crippen molar-refractivity contribution >= 4 is 11.1 Å². The van der Waals surface area contributed by atoms with Gasteiger partial charge in [-0.1, -0.05) is 30.3 Å². The first-order valence-corrected chi connectivity index (χ1v) is 9.97. The van der Waals surface area contributed by atoms with E-state index in [0.717, 1.165) is 22.1 Å². The molecule has 0 spiro atoms. The molecule has 0 saturated carbocycles. The molecule has 0 bridgehead atoms. The van der Waals surface area contributed by atoms with Gasteiger partial charge in [-0.3, -0.25) is 4.68 Å². The molecule has 5 aromatic rings. The van der Waals surface area contributed by atoms with E-state index >= 15 is 0 Å². The van der Waals surface area contributed by atoms with Crippen molar-refractivity contribution < 1.29 is 13.9 Å². The molecule has 1 N–H and O–H groups in total. The van der Waals surface area contributed by atoms with Crippen molar-refractivity contribution in [3.63, 3.8) is 0 Å². The van der Waals surface area contributed by atoms with E-state index in [1.807, 2.05) is 42.6 Å². The first-order valence-electron chi connectivity index (χ1n) is 9.97. The second-order valence-electron chi connectivity index (χ2n) is 7.16. The molecule has 154 valence electrons. The quantitative estimate of drug-likeness (QED) is 0.426. The molecular formula is C24H19FN4O2. The third kappa shape index (κ3) is 3.71. The summed E-state index contributed by atoms with van der Waals surface area (Å²) in [7, 11) is 0. The van der Waals surface area contributed by atoms with Crippen molar-refractivity contribution in [1.29, 1.82) is 0 Å². The van der Waals surface area contributed by atoms with E-state index in [1.165, 1.54) is 18.5 Å². The van der Waals surface area contributed by atoms with Crippen LogP contribution in [0.5, 0.6) is 0 Å². The van der Waals surface area contributed by atoms with Crippen LogP contribution in [0.15, 0.2) is 77.6 Å². The third-order valence-corrected chi connectivity index (χ3v) is 5.07. The number of benzene rings is 2. The lowest BCUT2D eigenvalue weighted by molar-refractivity contribution is 0.277. The van der Waals surface area contributed by atoms with E-state index in [4.69, 9.17) is 4.42 Å². The molecule has 0 unspecified atom stereocenters. The normalized spacial score (nSPS) is 11.3. The van der Waals surface area contributed by atoms with Gasteiger partial charge in [-0.25, -0.2) is 14.4 Å². The smallest absolute Gasteiger partial charge is 0.230 e. The van der Waals surface area contributed by atoms with Crippen LogP contribution >= 0.6 is 0 Å². The molecule has 31 heavy (non-hydrogen) atoms. The summed E-state index contributed by atoms with van der Waals surface area (Å²) < 4.78 is 21.2. The van der Waals surface area contributed by atoms with Crippen molar-refractivity contribution in [2.45, 2.75) is 13.0 Å². The van der Waals surface area contributed by atoms with Gasteiger partial charge in [0.15, 0.2) is 0 Å². The van der Waals surface area contributed by atoms with Crippen LogP contribution in [-0.4, -0.2) is 31.5 Å². The van der Waals surface area contributed by atoms with Crippen LogP contribution in [0.3, 0.4) is 0 Å². The summed E-state index contributed by atoms with van der Waals surface area (Å²) in [6, 6.07) is 17.9. The zero-order valence-electron chi connectivity index (χ0n) is 16.6. The van der Waals surface area contributed by atoms with Crippen LogP contribution in [0.2, 0.25) is 0 Å². The Balaban J connectivity index is 1.67. The third-order valence-electron chi connectivity index (χ3n) is 5.07. The van der Waals surface area contributed by atoms with Gasteiger partial charge in [-0.15, -0.1) is 0 Å². The Morgan fingerprint density at radius 2 is 1.74 bits per heavy atom. The van der Waals surface area contributed by atoms with Crippen molar-refractivity contribution in [3.05, 3.63) is 79.0 Å². The molecule has 0 radical (unpaired) electrons. The van der Waals surface area contributed by atoms with Crippen LogP contribution in [0.4, 0.5) is 4.39 Å². The highest BCUT2D eigenvalue weighted by Gasteiger charge is 2.19. The predicted molar refractivity (Wildman–Crippen MR) is 116 cm³/mol. The fourth-order valence-electron chi connectivity index (χ4n) is 3.58. The lowest BCUT2D eigenvalue weighted by Gasteiger charge is -2.03. The van der Waals surface area contributed by atoms with E-state index in [2.05, 4.69) is 15.1 Å². The first kappa shape index (κ1) is 19.1. The number of hydrogen-bond acceptors (Lipinski definition) is 5. The summed E-state index contributed by atoms with van der Waals surface area (Å²) in [5, 5.41) is 14.7. The molecule has 0 aliphatic carbocycles. The Bertz CT molecular complexity index is 1330. The maximum atomic E-state index is 13.5. The van der Waals surface area contributed by atoms with Gasteiger partial charge in [-0.05, 0) is 36.8 Å². The molecule has 0 saturated heterocycles. The monoisotopic (exact) mass is 414 g/mol. The van der Waals surface area contributed by atoms with Gasteiger partial charge in [0, 0.05) is 36.0 Å². The maximum absolute atomic E-state index is 13.5. The number of aliphatic hydroxyl groups excluding tert-OH is 1. The number of hydrogen-bond donors (Lipinski definition) is 1. The fourth-order valence-corrected chi connectivity index (χ4v) is 3.58. The molecule has 2 aromatic carbocycles. The number of aryl methyl sites for hydroxylation is 1. The molecule has 0 fully saturated rings. The molecule has 3 aromatic heterocycles. The van der Waals surface area contributed by atoms with Crippen LogP contribution in [-0.2, 0) is 6.54 Å². The summed E-state index contributed by atoms with van der Waals surface area (Å²) in [5.41, 5.74) is 4.36. The minimum atomic E-state index is -0.309. The number of furan rings is 1. The Labute approximate surface area is 177 Å². The SMILES string of the molecule is OCCCn1cc(-c2ncnc3oc(-c4ccccc4)cc23)c(-c2ccc(F)cc2)n1. The number of fused-ring (bicyclic) bond motifs is 1. The van der Waals surface area contributed by atoms with Crippen LogP contribution < -0.4 is 0 Å². The number of aliphatic hydroxyl groups is 1. The van der Waals surface area contributed by atoms with Crippen molar-refractivity contribution in [2.24, 2.45) is 0 Å². The molecule has 0 aliphatic heterocycles. The minimum absolute atomic E-state index is 0.0704. The predicted octanol–water partition coefficient (Wildman–Crippen LogP) is 4.94. The Morgan fingerprint density at radius 1 is 0.935 bits per heavy atom. The van der Waals surface area contributed by atoms with Crippen LogP contribution in [0.25, 0.3) is 44.9 Å². The second-order valence-corrected chi connectivity index (χ2v) is 7.16. The Kier molecular flexibility index (Phi) is 5.01. The highest BCUT2D eigenvalue weighted by Crippen LogP contribution is 2.36. The van der Waals surface area contributed by atoms with Gasteiger partial charge in [0.2, 0.25) is 5.71 Å². The largest absolute Gasteiger partial charge is 0.438 e. The summed E-state index contributed by atoms with van der Waals surface area (Å²) in [4.78, 5) is 8.83. The lowest BCUT2D eigenvalue weighted by atomic mass is 10.0. The molecular weight excluding hydrogens is 395 g/mol. The summed E-state index contributed by atoms with van der Waals surface area (Å²) in [6.45, 7) is 0.626. The molecule has 0 atom stereocenters. The molecule has 0 aliphatic rings. The van der Waals surface area contributed by atoms with Gasteiger partial charge in [-0.2, -0.15) is 5.10 Å². The minimum Gasteiger partial charge on any atom is -0.438 e. The Morgan fingerprint density at radius 3 is 2.52 bits per heavy atom. The average Bonchev–Trinajstić information content (AvgIpc) is 3.43. The summed E-state index contributed by atoms with van der Waals surface area (Å²) >= 11 is 0. The van der Waals surface area contributed by atoms with Crippen LogP contribution in [0.1, 0.15) is 6.42 Å². The van der Waals surface area contributed by atoms with Crippen molar-refractivity contribution in [3.8, 4) is 33.8 Å². The van der Waals surface area contributed by atoms with Crippen molar-refractivity contribution in [1.82, 2.24) is 19.7 Å². The van der Waals surface area contributed by atoms with Gasteiger partial charge in [0.05, 0.1) is 11.1 Å². The van der Waals surface area contributed by atoms with Gasteiger partial charge >= 0.3 is 0 Å². The van der Waals surface area contributed by atoms with Crippen molar-refractivity contribution in [2.75, 3.05) is 6.61 Å². The van der Waals surface area contributed by atoms with E-state index < -0.39 is 0 Å². The molecule has 5 rings (SSSR count). The van der Waals surface area contributed by atoms with Gasteiger partial charge in [0.1, 0.15) is 23.6 Å². The zero-order valence-corrected chi connectivity index (χ0v) is 16.6. The molecule has 3 heterocycles. The number of halogens is 1. The zero-order chi connectivity index (χ0) is 21.2. The highest BCUT2D eigenvalue weighted by atomic mass is 19.1. The fraction of sp³-hybridized carbons (Fsp3) is 0.125. The molecule has 7 heteroatoms. The number of nitrogens with zero attached hydrogens (tertiary/aromatic N) is 4. The summed E-state index contributed by atoms with van der Waals surface area (Å²) in [5.74, 6) is 0.394. The average molecular weight is 414 g/mol. The van der Waals surface area contributed by atoms with E-state index in [-0.39, 0.29) is 12.4 Å². The lowest BCUT2D eigenvalue weighted by Crippen LogP contribution is -2.00. The van der Waals surface area contributed by atoms with Gasteiger partial charge in [0.25, 0.3) is 0 Å². The highest BCUT2D eigenvalue weighted by molar-refractivity contribution is 5.95. The second kappa shape index (κ2) is 8.12. The maximum Gasteiger partial charge on any atom is 0.230 e. The van der Waals surface area contributed by atoms with E-state index in [9.17, 15) is 9.50 Å². The van der Waals surface area contributed by atoms with Crippen LogP contribution in [0, 0.1) is 5.82 Å². The molecule has 0 amide bonds. The summed E-state index contributed by atoms with van der Waals surface area (Å²) in [6.07, 6.45) is 3.94. The first-order chi connectivity index (χ1) is 15.2. The van der Waals surface area contributed by atoms with E-state index in [1.54, 1.807) is 16.8 Å². The Hall–Kier alpha value is -3.84. The van der Waals surface area contributed by atoms with E-state index in [0.29, 0.717) is 35.8 Å². The van der Waals surface area contributed by atoms with Gasteiger partial charge < -0.3 is 9.52 Å². The number of aromatic nitrogens is 4. The standard InChI is InChI=1S/C24H19FN4O2/c25-18-9-7-17(8-10-18)22-20(14-29(28-22)11-4-12-30)23-19-13-21(16-5-2-1-3-6-16)31-24(19)27-15-26-23/h1-3,5-10,13-15,30H,4,11-12H2. The number of rotatable bonds is 6. The molecule has 6 nitrogen and oxygen atoms in total. The topological polar surface area (TPSA) is 77.0 Å².